The van der Waals surface area contributed by atoms with Gasteiger partial charge < -0.3 is 21.1 Å². The summed E-state index contributed by atoms with van der Waals surface area (Å²) in [5.41, 5.74) is 1.93. The van der Waals surface area contributed by atoms with E-state index in [0.29, 0.717) is 6.42 Å². The van der Waals surface area contributed by atoms with Gasteiger partial charge in [-0.05, 0) is 75.3 Å². The maximum Gasteiger partial charge on any atom is 0.328 e. The fraction of sp³-hybridized carbons (Fsp3) is 0.500. The van der Waals surface area contributed by atoms with Crippen molar-refractivity contribution in [3.8, 4) is 0 Å². The van der Waals surface area contributed by atoms with E-state index in [1.807, 2.05) is 6.07 Å². The highest BCUT2D eigenvalue weighted by molar-refractivity contribution is 7.89. The second-order valence-electron chi connectivity index (χ2n) is 10.9. The van der Waals surface area contributed by atoms with Crippen LogP contribution in [0.1, 0.15) is 49.4 Å². The Labute approximate surface area is 234 Å². The summed E-state index contributed by atoms with van der Waals surface area (Å²) in [7, 11) is -3.76. The van der Waals surface area contributed by atoms with Crippen LogP contribution in [0.4, 0.5) is 5.82 Å². The lowest BCUT2D eigenvalue weighted by Crippen LogP contribution is -2.65. The third-order valence-electron chi connectivity index (χ3n) is 7.37. The van der Waals surface area contributed by atoms with Crippen LogP contribution in [-0.2, 0) is 37.2 Å². The molecule has 12 heteroatoms. The number of anilines is 1. The first-order valence-electron chi connectivity index (χ1n) is 13.6. The Kier molecular flexibility index (Phi) is 9.09. The largest absolute Gasteiger partial charge is 0.480 e. The highest BCUT2D eigenvalue weighted by Crippen LogP contribution is 2.35. The van der Waals surface area contributed by atoms with Crippen LogP contribution in [0.15, 0.2) is 41.3 Å². The van der Waals surface area contributed by atoms with Crippen molar-refractivity contribution < 1.29 is 27.9 Å². The highest BCUT2D eigenvalue weighted by atomic mass is 32.2. The van der Waals surface area contributed by atoms with Gasteiger partial charge in [-0.15, -0.1) is 0 Å². The lowest BCUT2D eigenvalue weighted by atomic mass is 9.83. The van der Waals surface area contributed by atoms with Crippen LogP contribution in [0, 0.1) is 12.3 Å². The number of aliphatic carboxylic acids is 1. The summed E-state index contributed by atoms with van der Waals surface area (Å²) in [6.45, 7) is 3.92. The number of carbonyl (C=O) groups is 3. The van der Waals surface area contributed by atoms with Crippen molar-refractivity contribution >= 4 is 33.6 Å². The molecule has 1 aromatic carbocycles. The molecule has 0 radical (unpaired) electrons. The topological polar surface area (TPSA) is 158 Å². The number of amides is 2. The zero-order valence-corrected chi connectivity index (χ0v) is 23.7. The molecule has 0 saturated carbocycles. The fourth-order valence-corrected chi connectivity index (χ4v) is 6.70. The van der Waals surface area contributed by atoms with Crippen molar-refractivity contribution in [2.75, 3.05) is 31.5 Å². The van der Waals surface area contributed by atoms with Gasteiger partial charge in [0.05, 0.1) is 10.3 Å². The summed E-state index contributed by atoms with van der Waals surface area (Å²) in [6, 6.07) is 9.31. The van der Waals surface area contributed by atoms with Gasteiger partial charge >= 0.3 is 5.97 Å². The molecule has 1 unspecified atom stereocenters. The zero-order valence-electron chi connectivity index (χ0n) is 22.9. The van der Waals surface area contributed by atoms with E-state index in [1.54, 1.807) is 32.0 Å². The Hall–Kier alpha value is -3.51. The van der Waals surface area contributed by atoms with E-state index < -0.39 is 33.4 Å². The second kappa shape index (κ2) is 12.3. The molecule has 2 aliphatic heterocycles. The smallest absolute Gasteiger partial charge is 0.328 e. The number of benzene rings is 1. The van der Waals surface area contributed by atoms with Gasteiger partial charge in [-0.1, -0.05) is 18.2 Å². The highest BCUT2D eigenvalue weighted by Gasteiger charge is 2.50. The number of aryl methyl sites for hydroxylation is 3. The Balaban J connectivity index is 1.20. The number of hydrogen-bond donors (Lipinski definition) is 4. The minimum Gasteiger partial charge on any atom is -0.480 e. The number of hydrogen-bond acceptors (Lipinski definition) is 7. The number of pyridine rings is 1. The molecule has 0 bridgehead atoms. The first-order chi connectivity index (χ1) is 19.0. The number of nitrogens with one attached hydrogen (secondary N) is 3. The number of nitrogens with zero attached hydrogens (tertiary/aromatic N) is 2. The average Bonchev–Trinajstić information content (AvgIpc) is 2.91. The molecule has 1 fully saturated rings. The van der Waals surface area contributed by atoms with Gasteiger partial charge in [-0.3, -0.25) is 9.59 Å². The van der Waals surface area contributed by atoms with Crippen LogP contribution in [-0.4, -0.2) is 72.8 Å². The van der Waals surface area contributed by atoms with Gasteiger partial charge in [-0.25, -0.2) is 18.2 Å². The Morgan fingerprint density at radius 2 is 1.95 bits per heavy atom. The first kappa shape index (κ1) is 29.5. The zero-order chi connectivity index (χ0) is 28.9. The standard InChI is InChI=1S/C28H37N5O6S/c1-19-7-5-10-22(15-19)40(38,39)33-17-28(2,18-33)27(37)32-23(26(35)36)16-30-24(34)11-4-3-9-21-13-12-20-8-6-14-29-25(20)31-21/h5,7,10,12-13,15,23H,3-4,6,8-9,11,14,16-18H2,1-2H3,(H,29,31)(H,30,34)(H,32,37)(H,35,36). The Morgan fingerprint density at radius 3 is 2.67 bits per heavy atom. The summed E-state index contributed by atoms with van der Waals surface area (Å²) in [5.74, 6) is -1.21. The van der Waals surface area contributed by atoms with E-state index in [0.717, 1.165) is 49.3 Å². The molecule has 40 heavy (non-hydrogen) atoms. The third-order valence-corrected chi connectivity index (χ3v) is 9.16. The molecular weight excluding hydrogens is 534 g/mol. The van der Waals surface area contributed by atoms with Crippen molar-refractivity contribution in [3.05, 3.63) is 53.2 Å². The number of unbranched alkanes of at least 4 members (excludes halogenated alkanes) is 1. The molecular formula is C28H37N5O6S. The molecule has 4 N–H and O–H groups in total. The predicted molar refractivity (Wildman–Crippen MR) is 149 cm³/mol. The minimum absolute atomic E-state index is 0.0665. The predicted octanol–water partition coefficient (Wildman–Crippen LogP) is 1.86. The van der Waals surface area contributed by atoms with Gasteiger partial charge in [0.1, 0.15) is 11.9 Å². The van der Waals surface area contributed by atoms with Crippen LogP contribution in [0.3, 0.4) is 0 Å². The number of aromatic nitrogens is 1. The molecule has 0 aliphatic carbocycles. The van der Waals surface area contributed by atoms with E-state index in [9.17, 15) is 27.9 Å². The van der Waals surface area contributed by atoms with Crippen molar-refractivity contribution in [2.45, 2.75) is 63.3 Å². The number of carbonyl (C=O) groups excluding carboxylic acids is 2. The molecule has 216 valence electrons. The van der Waals surface area contributed by atoms with E-state index in [2.05, 4.69) is 27.0 Å². The summed E-state index contributed by atoms with van der Waals surface area (Å²) < 4.78 is 27.0. The quantitative estimate of drug-likeness (QED) is 0.281. The molecule has 2 aliphatic rings. The lowest BCUT2D eigenvalue weighted by Gasteiger charge is -2.45. The van der Waals surface area contributed by atoms with Crippen LogP contribution in [0.5, 0.6) is 0 Å². The number of carboxylic acids is 1. The van der Waals surface area contributed by atoms with Crippen LogP contribution in [0.25, 0.3) is 0 Å². The Bertz CT molecular complexity index is 1370. The number of carboxylic acid groups (broad SMARTS) is 1. The first-order valence-corrected chi connectivity index (χ1v) is 15.0. The second-order valence-corrected chi connectivity index (χ2v) is 12.8. The monoisotopic (exact) mass is 571 g/mol. The molecule has 2 amide bonds. The van der Waals surface area contributed by atoms with Gasteiger partial charge in [0.25, 0.3) is 0 Å². The summed E-state index contributed by atoms with van der Waals surface area (Å²) in [6.07, 6.45) is 4.48. The van der Waals surface area contributed by atoms with E-state index in [1.165, 1.54) is 15.9 Å². The summed E-state index contributed by atoms with van der Waals surface area (Å²) in [4.78, 5) is 41.8. The fourth-order valence-electron chi connectivity index (χ4n) is 4.91. The molecule has 1 saturated heterocycles. The molecule has 4 rings (SSSR count). The molecule has 1 atom stereocenters. The maximum absolute atomic E-state index is 12.9. The van der Waals surface area contributed by atoms with Crippen molar-refractivity contribution in [3.63, 3.8) is 0 Å². The van der Waals surface area contributed by atoms with Crippen LogP contribution in [0.2, 0.25) is 0 Å². The molecule has 3 heterocycles. The normalized spacial score (nSPS) is 17.1. The summed E-state index contributed by atoms with van der Waals surface area (Å²) in [5, 5.41) is 18.0. The van der Waals surface area contributed by atoms with E-state index in [-0.39, 0.29) is 36.9 Å². The Morgan fingerprint density at radius 1 is 1.18 bits per heavy atom. The average molecular weight is 572 g/mol. The number of fused-ring (bicyclic) bond motifs is 1. The van der Waals surface area contributed by atoms with Gasteiger partial charge in [0, 0.05) is 38.3 Å². The molecule has 11 nitrogen and oxygen atoms in total. The molecule has 2 aromatic rings. The van der Waals surface area contributed by atoms with E-state index in [4.69, 9.17) is 0 Å². The van der Waals surface area contributed by atoms with Crippen LogP contribution >= 0.6 is 0 Å². The third kappa shape index (κ3) is 6.97. The minimum atomic E-state index is -3.76. The maximum atomic E-state index is 12.9. The molecule has 0 spiro atoms. The summed E-state index contributed by atoms with van der Waals surface area (Å²) >= 11 is 0. The van der Waals surface area contributed by atoms with Crippen LogP contribution < -0.4 is 16.0 Å². The molecule has 1 aromatic heterocycles. The lowest BCUT2D eigenvalue weighted by molar-refractivity contribution is -0.146. The van der Waals surface area contributed by atoms with E-state index >= 15 is 0 Å². The van der Waals surface area contributed by atoms with Crippen molar-refractivity contribution in [2.24, 2.45) is 5.41 Å². The van der Waals surface area contributed by atoms with Gasteiger partial charge in [0.2, 0.25) is 21.8 Å². The van der Waals surface area contributed by atoms with Crippen molar-refractivity contribution in [1.29, 1.82) is 0 Å². The SMILES string of the molecule is Cc1cccc(S(=O)(=O)N2CC(C)(C(=O)NC(CNC(=O)CCCCc3ccc4c(n3)NCCC4)C(=O)O)C2)c1. The number of sulfonamides is 1. The van der Waals surface area contributed by atoms with Gasteiger partial charge in [0.15, 0.2) is 0 Å². The number of rotatable bonds is 12. The van der Waals surface area contributed by atoms with Crippen molar-refractivity contribution in [1.82, 2.24) is 19.9 Å². The van der Waals surface area contributed by atoms with Gasteiger partial charge in [-0.2, -0.15) is 4.31 Å².